The molecule has 0 aliphatic heterocycles. The van der Waals surface area contributed by atoms with Gasteiger partial charge >= 0.3 is 11.9 Å². The van der Waals surface area contributed by atoms with Gasteiger partial charge in [-0.15, -0.1) is 0 Å². The second-order valence-corrected chi connectivity index (χ2v) is 8.49. The normalized spacial score (nSPS) is 10.8. The summed E-state index contributed by atoms with van der Waals surface area (Å²) in [5, 5.41) is 0.589. The van der Waals surface area contributed by atoms with E-state index in [0.29, 0.717) is 50.5 Å². The minimum Gasteiger partial charge on any atom is -0.493 e. The quantitative estimate of drug-likeness (QED) is 0.242. The van der Waals surface area contributed by atoms with Crippen molar-refractivity contribution in [3.8, 4) is 22.8 Å². The Labute approximate surface area is 219 Å². The average molecular weight is 517 g/mol. The highest BCUT2D eigenvalue weighted by molar-refractivity contribution is 6.07. The van der Waals surface area contributed by atoms with Gasteiger partial charge < -0.3 is 23.9 Å². The molecule has 0 bridgehead atoms. The fourth-order valence-corrected chi connectivity index (χ4v) is 4.31. The Hall–Kier alpha value is -4.66. The molecule has 0 aliphatic rings. The predicted octanol–water partition coefficient (Wildman–Crippen LogP) is 5.08. The van der Waals surface area contributed by atoms with Crippen molar-refractivity contribution >= 4 is 28.6 Å². The zero-order valence-electron chi connectivity index (χ0n) is 21.8. The standard InChI is InChI=1S/C29H28N2O7/c1-6-37-29(34)26-16(2)27(30-17(26)3)23(32)15-38-28(33)20-14-22(31-21-10-8-7-9-19(20)21)18-11-12-24(35-4)25(13-18)36-5/h7-14,30H,6,15H2,1-5H3. The van der Waals surface area contributed by atoms with E-state index in [1.165, 1.54) is 0 Å². The van der Waals surface area contributed by atoms with Crippen LogP contribution in [-0.4, -0.2) is 55.1 Å². The van der Waals surface area contributed by atoms with Crippen LogP contribution in [0.3, 0.4) is 0 Å². The van der Waals surface area contributed by atoms with Gasteiger partial charge in [0.25, 0.3) is 0 Å². The van der Waals surface area contributed by atoms with E-state index in [0.717, 1.165) is 0 Å². The molecule has 9 heteroatoms. The summed E-state index contributed by atoms with van der Waals surface area (Å²) in [4.78, 5) is 46.0. The number of rotatable bonds is 9. The number of hydrogen-bond acceptors (Lipinski definition) is 8. The van der Waals surface area contributed by atoms with Gasteiger partial charge in [-0.2, -0.15) is 0 Å². The topological polar surface area (TPSA) is 117 Å². The number of ether oxygens (including phenoxy) is 4. The number of aromatic nitrogens is 2. The number of para-hydroxylation sites is 1. The lowest BCUT2D eigenvalue weighted by Gasteiger charge is -2.12. The molecule has 0 aliphatic carbocycles. The molecular weight excluding hydrogens is 488 g/mol. The van der Waals surface area contributed by atoms with Crippen molar-refractivity contribution in [2.75, 3.05) is 27.4 Å². The second-order valence-electron chi connectivity index (χ2n) is 8.49. The van der Waals surface area contributed by atoms with Gasteiger partial charge in [0.15, 0.2) is 18.1 Å². The summed E-state index contributed by atoms with van der Waals surface area (Å²) in [6, 6.07) is 14.1. The maximum Gasteiger partial charge on any atom is 0.340 e. The van der Waals surface area contributed by atoms with Crippen molar-refractivity contribution in [1.82, 2.24) is 9.97 Å². The molecule has 2 aromatic carbocycles. The Morgan fingerprint density at radius 1 is 0.895 bits per heavy atom. The van der Waals surface area contributed by atoms with Crippen molar-refractivity contribution in [2.45, 2.75) is 20.8 Å². The highest BCUT2D eigenvalue weighted by Gasteiger charge is 2.24. The van der Waals surface area contributed by atoms with E-state index in [4.69, 9.17) is 23.9 Å². The number of pyridine rings is 1. The lowest BCUT2D eigenvalue weighted by atomic mass is 10.0. The Balaban J connectivity index is 1.63. The van der Waals surface area contributed by atoms with Crippen LogP contribution in [0.15, 0.2) is 48.5 Å². The molecule has 2 heterocycles. The summed E-state index contributed by atoms with van der Waals surface area (Å²) in [6.07, 6.45) is 0. The zero-order chi connectivity index (χ0) is 27.4. The number of aromatic amines is 1. The Bertz CT molecular complexity index is 1540. The second kappa shape index (κ2) is 11.2. The monoisotopic (exact) mass is 516 g/mol. The third-order valence-corrected chi connectivity index (χ3v) is 6.15. The lowest BCUT2D eigenvalue weighted by molar-refractivity contribution is 0.0474. The molecule has 0 unspecified atom stereocenters. The van der Waals surface area contributed by atoms with Crippen LogP contribution in [0.5, 0.6) is 11.5 Å². The number of carbonyl (C=O) groups excluding carboxylic acids is 3. The molecule has 1 N–H and O–H groups in total. The molecule has 0 amide bonds. The number of benzene rings is 2. The van der Waals surface area contributed by atoms with Gasteiger partial charge in [-0.3, -0.25) is 4.79 Å². The number of fused-ring (bicyclic) bond motifs is 1. The van der Waals surface area contributed by atoms with Crippen LogP contribution in [0.4, 0.5) is 0 Å². The van der Waals surface area contributed by atoms with E-state index in [9.17, 15) is 14.4 Å². The van der Waals surface area contributed by atoms with Crippen LogP contribution < -0.4 is 9.47 Å². The minimum atomic E-state index is -0.676. The Morgan fingerprint density at radius 3 is 2.34 bits per heavy atom. The number of Topliss-reactive ketones (excluding diaryl/α,β-unsaturated/α-hetero) is 1. The third kappa shape index (κ3) is 5.08. The zero-order valence-corrected chi connectivity index (χ0v) is 21.8. The van der Waals surface area contributed by atoms with E-state index in [1.54, 1.807) is 71.4 Å². The highest BCUT2D eigenvalue weighted by atomic mass is 16.5. The Kier molecular flexibility index (Phi) is 7.76. The first-order valence-electron chi connectivity index (χ1n) is 12.0. The molecule has 4 rings (SSSR count). The number of H-pyrrole nitrogens is 1. The summed E-state index contributed by atoms with van der Waals surface area (Å²) in [5.41, 5.74) is 3.56. The molecule has 38 heavy (non-hydrogen) atoms. The number of hydrogen-bond donors (Lipinski definition) is 1. The molecule has 0 radical (unpaired) electrons. The minimum absolute atomic E-state index is 0.198. The number of carbonyl (C=O) groups is 3. The first kappa shape index (κ1) is 26.4. The molecule has 0 spiro atoms. The smallest absolute Gasteiger partial charge is 0.340 e. The summed E-state index contributed by atoms with van der Waals surface area (Å²) >= 11 is 0. The van der Waals surface area contributed by atoms with Crippen molar-refractivity contribution in [3.63, 3.8) is 0 Å². The SMILES string of the molecule is CCOC(=O)c1c(C)[nH]c(C(=O)COC(=O)c2cc(-c3ccc(OC)c(OC)c3)nc3ccccc23)c1C. The van der Waals surface area contributed by atoms with Crippen LogP contribution in [0.2, 0.25) is 0 Å². The lowest BCUT2D eigenvalue weighted by Crippen LogP contribution is -2.16. The van der Waals surface area contributed by atoms with Gasteiger partial charge in [-0.25, -0.2) is 14.6 Å². The molecule has 0 atom stereocenters. The van der Waals surface area contributed by atoms with Gasteiger partial charge in [-0.1, -0.05) is 18.2 Å². The van der Waals surface area contributed by atoms with E-state index in [-0.39, 0.29) is 17.9 Å². The molecule has 4 aromatic rings. The molecule has 9 nitrogen and oxygen atoms in total. The number of esters is 2. The summed E-state index contributed by atoms with van der Waals surface area (Å²) in [7, 11) is 3.09. The number of nitrogens with one attached hydrogen (secondary N) is 1. The fourth-order valence-electron chi connectivity index (χ4n) is 4.31. The molecule has 0 fully saturated rings. The van der Waals surface area contributed by atoms with Crippen molar-refractivity contribution in [2.24, 2.45) is 0 Å². The summed E-state index contributed by atoms with van der Waals surface area (Å²) in [6.45, 7) is 4.75. The summed E-state index contributed by atoms with van der Waals surface area (Å²) < 4.78 is 21.2. The number of ketones is 1. The van der Waals surface area contributed by atoms with E-state index in [2.05, 4.69) is 4.98 Å². The molecule has 0 saturated carbocycles. The first-order valence-corrected chi connectivity index (χ1v) is 12.0. The van der Waals surface area contributed by atoms with E-state index in [1.807, 2.05) is 12.1 Å². The van der Waals surface area contributed by atoms with Crippen LogP contribution >= 0.6 is 0 Å². The summed E-state index contributed by atoms with van der Waals surface area (Å²) in [5.74, 6) is -0.566. The van der Waals surface area contributed by atoms with E-state index < -0.39 is 24.3 Å². The maximum atomic E-state index is 13.2. The predicted molar refractivity (Wildman–Crippen MR) is 141 cm³/mol. The average Bonchev–Trinajstić information content (AvgIpc) is 3.24. The number of methoxy groups -OCH3 is 2. The van der Waals surface area contributed by atoms with Crippen molar-refractivity contribution < 1.29 is 33.3 Å². The Morgan fingerprint density at radius 2 is 1.63 bits per heavy atom. The van der Waals surface area contributed by atoms with Crippen LogP contribution in [-0.2, 0) is 9.47 Å². The largest absolute Gasteiger partial charge is 0.493 e. The van der Waals surface area contributed by atoms with Crippen molar-refractivity contribution in [3.05, 3.63) is 76.6 Å². The van der Waals surface area contributed by atoms with Gasteiger partial charge in [0.2, 0.25) is 5.78 Å². The van der Waals surface area contributed by atoms with Gasteiger partial charge in [-0.05, 0) is 56.7 Å². The maximum absolute atomic E-state index is 13.2. The van der Waals surface area contributed by atoms with Gasteiger partial charge in [0.05, 0.1) is 48.9 Å². The van der Waals surface area contributed by atoms with Crippen LogP contribution in [0, 0.1) is 13.8 Å². The van der Waals surface area contributed by atoms with Crippen molar-refractivity contribution in [1.29, 1.82) is 0 Å². The number of aryl methyl sites for hydroxylation is 1. The van der Waals surface area contributed by atoms with Crippen LogP contribution in [0.25, 0.3) is 22.2 Å². The molecule has 0 saturated heterocycles. The number of nitrogens with zero attached hydrogens (tertiary/aromatic N) is 1. The first-order chi connectivity index (χ1) is 18.3. The molecular formula is C29H28N2O7. The fraction of sp³-hybridized carbons (Fsp3) is 0.241. The van der Waals surface area contributed by atoms with Gasteiger partial charge in [0.1, 0.15) is 0 Å². The van der Waals surface area contributed by atoms with Gasteiger partial charge in [0, 0.05) is 16.6 Å². The third-order valence-electron chi connectivity index (χ3n) is 6.15. The molecule has 196 valence electrons. The molecule has 2 aromatic heterocycles. The highest BCUT2D eigenvalue weighted by Crippen LogP contribution is 2.33. The van der Waals surface area contributed by atoms with E-state index >= 15 is 0 Å². The van der Waals surface area contributed by atoms with Crippen LogP contribution in [0.1, 0.15) is 49.4 Å².